The lowest BCUT2D eigenvalue weighted by Crippen LogP contribution is -2.39. The zero-order valence-corrected chi connectivity index (χ0v) is 12.3. The Balaban J connectivity index is 2.00. The van der Waals surface area contributed by atoms with Gasteiger partial charge in [0.1, 0.15) is 0 Å². The Kier molecular flexibility index (Phi) is 4.88. The number of aromatic carboxylic acids is 1. The van der Waals surface area contributed by atoms with Gasteiger partial charge >= 0.3 is 5.97 Å². The molecule has 2 rings (SSSR count). The van der Waals surface area contributed by atoms with Gasteiger partial charge in [-0.1, -0.05) is 26.0 Å². The number of carboxylic acid groups (broad SMARTS) is 1. The smallest absolute Gasteiger partial charge is 0.335 e. The van der Waals surface area contributed by atoms with E-state index in [9.17, 15) is 4.79 Å². The van der Waals surface area contributed by atoms with Crippen LogP contribution in [0.1, 0.15) is 29.8 Å². The van der Waals surface area contributed by atoms with Crippen LogP contribution in [0.25, 0.3) is 0 Å². The first-order valence-electron chi connectivity index (χ1n) is 6.72. The molecule has 1 atom stereocenters. The van der Waals surface area contributed by atoms with Gasteiger partial charge in [-0.05, 0) is 23.6 Å². The van der Waals surface area contributed by atoms with Gasteiger partial charge in [0, 0.05) is 30.6 Å². The van der Waals surface area contributed by atoms with Gasteiger partial charge in [0.15, 0.2) is 0 Å². The Morgan fingerprint density at radius 2 is 2.32 bits per heavy atom. The lowest BCUT2D eigenvalue weighted by Gasteiger charge is -2.34. The maximum absolute atomic E-state index is 11.0. The molecule has 0 aromatic heterocycles. The third-order valence-corrected chi connectivity index (χ3v) is 5.04. The van der Waals surface area contributed by atoms with Crippen molar-refractivity contribution in [1.82, 2.24) is 4.90 Å². The van der Waals surface area contributed by atoms with Crippen molar-refractivity contribution in [3.05, 3.63) is 35.4 Å². The Labute approximate surface area is 119 Å². The molecule has 3 nitrogen and oxygen atoms in total. The van der Waals surface area contributed by atoms with Crippen LogP contribution in [0.15, 0.2) is 24.3 Å². The molecule has 1 saturated heterocycles. The number of benzene rings is 1. The lowest BCUT2D eigenvalue weighted by atomic mass is 10.1. The SMILES string of the molecule is CC(C)C1CN(Cc2cccc(C(=O)O)c2)CCS1. The Hall–Kier alpha value is -1.00. The molecule has 19 heavy (non-hydrogen) atoms. The molecule has 104 valence electrons. The topological polar surface area (TPSA) is 40.5 Å². The third-order valence-electron chi connectivity index (χ3n) is 3.50. The van der Waals surface area contributed by atoms with E-state index in [1.807, 2.05) is 12.1 Å². The first-order chi connectivity index (χ1) is 9.06. The summed E-state index contributed by atoms with van der Waals surface area (Å²) in [4.78, 5) is 13.4. The molecule has 1 aromatic carbocycles. The van der Waals surface area contributed by atoms with Gasteiger partial charge in [-0.3, -0.25) is 4.90 Å². The predicted octanol–water partition coefficient (Wildman–Crippen LogP) is 2.96. The fourth-order valence-electron chi connectivity index (χ4n) is 2.34. The molecule has 0 amide bonds. The van der Waals surface area contributed by atoms with E-state index in [0.717, 1.165) is 25.2 Å². The predicted molar refractivity (Wildman–Crippen MR) is 79.8 cm³/mol. The molecule has 0 aliphatic carbocycles. The summed E-state index contributed by atoms with van der Waals surface area (Å²) in [6.07, 6.45) is 0. The summed E-state index contributed by atoms with van der Waals surface area (Å²) >= 11 is 2.06. The number of thioether (sulfide) groups is 1. The molecule has 1 N–H and O–H groups in total. The second-order valence-corrected chi connectivity index (χ2v) is 6.74. The van der Waals surface area contributed by atoms with E-state index in [2.05, 4.69) is 30.5 Å². The van der Waals surface area contributed by atoms with Gasteiger partial charge in [-0.2, -0.15) is 11.8 Å². The van der Waals surface area contributed by atoms with Crippen LogP contribution in [0.5, 0.6) is 0 Å². The molecule has 0 saturated carbocycles. The lowest BCUT2D eigenvalue weighted by molar-refractivity contribution is 0.0696. The van der Waals surface area contributed by atoms with Gasteiger partial charge in [-0.25, -0.2) is 4.79 Å². The maximum Gasteiger partial charge on any atom is 0.335 e. The minimum absolute atomic E-state index is 0.379. The van der Waals surface area contributed by atoms with E-state index in [4.69, 9.17) is 5.11 Å². The summed E-state index contributed by atoms with van der Waals surface area (Å²) in [5.41, 5.74) is 1.47. The number of hydrogen-bond donors (Lipinski definition) is 1. The van der Waals surface area contributed by atoms with Crippen molar-refractivity contribution in [2.75, 3.05) is 18.8 Å². The molecule has 0 spiro atoms. The summed E-state index contributed by atoms with van der Waals surface area (Å²) in [6.45, 7) is 7.58. The van der Waals surface area contributed by atoms with Crippen LogP contribution < -0.4 is 0 Å². The molecule has 1 aliphatic heterocycles. The summed E-state index contributed by atoms with van der Waals surface area (Å²) in [7, 11) is 0. The fraction of sp³-hybridized carbons (Fsp3) is 0.533. The average Bonchev–Trinajstić information content (AvgIpc) is 2.39. The van der Waals surface area contributed by atoms with Crippen LogP contribution in [0, 0.1) is 5.92 Å². The van der Waals surface area contributed by atoms with Gasteiger partial charge in [-0.15, -0.1) is 0 Å². The molecular formula is C15H21NO2S. The summed E-state index contributed by atoms with van der Waals surface area (Å²) < 4.78 is 0. The molecular weight excluding hydrogens is 258 g/mol. The first-order valence-corrected chi connectivity index (χ1v) is 7.77. The van der Waals surface area contributed by atoms with Crippen molar-refractivity contribution < 1.29 is 9.90 Å². The van der Waals surface area contributed by atoms with Gasteiger partial charge < -0.3 is 5.11 Å². The van der Waals surface area contributed by atoms with Crippen LogP contribution in [-0.4, -0.2) is 40.1 Å². The van der Waals surface area contributed by atoms with E-state index < -0.39 is 5.97 Å². The Morgan fingerprint density at radius 1 is 1.53 bits per heavy atom. The summed E-state index contributed by atoms with van der Waals surface area (Å²) in [6, 6.07) is 7.28. The molecule has 1 aliphatic rings. The Morgan fingerprint density at radius 3 is 3.00 bits per heavy atom. The second-order valence-electron chi connectivity index (χ2n) is 5.39. The van der Waals surface area contributed by atoms with E-state index in [1.54, 1.807) is 12.1 Å². The van der Waals surface area contributed by atoms with Gasteiger partial charge in [0.2, 0.25) is 0 Å². The molecule has 1 aromatic rings. The second kappa shape index (κ2) is 6.44. The molecule has 1 unspecified atom stereocenters. The zero-order valence-electron chi connectivity index (χ0n) is 11.5. The number of nitrogens with zero attached hydrogens (tertiary/aromatic N) is 1. The maximum atomic E-state index is 11.0. The summed E-state index contributed by atoms with van der Waals surface area (Å²) in [5, 5.41) is 9.70. The highest BCUT2D eigenvalue weighted by atomic mass is 32.2. The normalized spacial score (nSPS) is 20.7. The Bertz CT molecular complexity index is 448. The minimum Gasteiger partial charge on any atom is -0.478 e. The highest BCUT2D eigenvalue weighted by Gasteiger charge is 2.22. The number of rotatable bonds is 4. The zero-order chi connectivity index (χ0) is 13.8. The van der Waals surface area contributed by atoms with Crippen molar-refractivity contribution >= 4 is 17.7 Å². The largest absolute Gasteiger partial charge is 0.478 e. The highest BCUT2D eigenvalue weighted by molar-refractivity contribution is 8.00. The molecule has 1 fully saturated rings. The van der Waals surface area contributed by atoms with Crippen LogP contribution in [0.3, 0.4) is 0 Å². The molecule has 0 radical (unpaired) electrons. The number of hydrogen-bond acceptors (Lipinski definition) is 3. The van der Waals surface area contributed by atoms with Crippen molar-refractivity contribution in [2.45, 2.75) is 25.6 Å². The monoisotopic (exact) mass is 279 g/mol. The van der Waals surface area contributed by atoms with E-state index in [1.165, 1.54) is 5.75 Å². The standard InChI is InChI=1S/C15H21NO2S/c1-11(2)14-10-16(6-7-19-14)9-12-4-3-5-13(8-12)15(17)18/h3-5,8,11,14H,6-7,9-10H2,1-2H3,(H,17,18). The van der Waals surface area contributed by atoms with Crippen LogP contribution >= 0.6 is 11.8 Å². The van der Waals surface area contributed by atoms with Crippen molar-refractivity contribution in [1.29, 1.82) is 0 Å². The molecule has 1 heterocycles. The van der Waals surface area contributed by atoms with Crippen LogP contribution in [0.2, 0.25) is 0 Å². The van der Waals surface area contributed by atoms with Crippen LogP contribution in [-0.2, 0) is 6.54 Å². The number of carbonyl (C=O) groups is 1. The quantitative estimate of drug-likeness (QED) is 0.920. The first kappa shape index (κ1) is 14.4. The fourth-order valence-corrected chi connectivity index (χ4v) is 3.71. The molecule has 0 bridgehead atoms. The van der Waals surface area contributed by atoms with Crippen molar-refractivity contribution in [3.8, 4) is 0 Å². The minimum atomic E-state index is -0.851. The van der Waals surface area contributed by atoms with Crippen molar-refractivity contribution in [2.24, 2.45) is 5.92 Å². The van der Waals surface area contributed by atoms with E-state index in [0.29, 0.717) is 16.7 Å². The van der Waals surface area contributed by atoms with Gasteiger partial charge in [0.05, 0.1) is 5.56 Å². The summed E-state index contributed by atoms with van der Waals surface area (Å²) in [5.74, 6) is 1.01. The number of carboxylic acids is 1. The van der Waals surface area contributed by atoms with Gasteiger partial charge in [0.25, 0.3) is 0 Å². The third kappa shape index (κ3) is 3.98. The van der Waals surface area contributed by atoms with Crippen molar-refractivity contribution in [3.63, 3.8) is 0 Å². The molecule has 4 heteroatoms. The highest BCUT2D eigenvalue weighted by Crippen LogP contribution is 2.25. The van der Waals surface area contributed by atoms with E-state index in [-0.39, 0.29) is 0 Å². The van der Waals surface area contributed by atoms with Crippen LogP contribution in [0.4, 0.5) is 0 Å². The average molecular weight is 279 g/mol. The van der Waals surface area contributed by atoms with E-state index >= 15 is 0 Å².